The number of esters is 1. The normalized spacial score (nSPS) is 19.9. The number of hydrogen-bond donors (Lipinski definition) is 2. The van der Waals surface area contributed by atoms with Crippen LogP contribution >= 0.6 is 0 Å². The maximum absolute atomic E-state index is 13.0. The Kier molecular flexibility index (Phi) is 6.71. The fourth-order valence-corrected chi connectivity index (χ4v) is 4.33. The number of piperidine rings is 1. The molecule has 2 atom stereocenters. The third kappa shape index (κ3) is 4.60. The van der Waals surface area contributed by atoms with Crippen molar-refractivity contribution < 1.29 is 18.9 Å². The number of rotatable bonds is 6. The van der Waals surface area contributed by atoms with Crippen LogP contribution in [0.3, 0.4) is 0 Å². The van der Waals surface area contributed by atoms with E-state index in [2.05, 4.69) is 49.3 Å². The Morgan fingerprint density at radius 1 is 1.29 bits per heavy atom. The number of carbonyl (C=O) groups excluding carboxylic acids is 2. The minimum Gasteiger partial charge on any atom is -0.468 e. The molecule has 2 aromatic rings. The topological polar surface area (TPSA) is 92.8 Å². The Morgan fingerprint density at radius 2 is 2.00 bits per heavy atom. The molecule has 1 aromatic heterocycles. The minimum absolute atomic E-state index is 0.0122. The molecule has 3 rings (SSSR count). The van der Waals surface area contributed by atoms with Gasteiger partial charge >= 0.3 is 5.97 Å². The fourth-order valence-electron chi connectivity index (χ4n) is 3.71. The number of oxime groups is 1. The Bertz CT molecular complexity index is 990. The van der Waals surface area contributed by atoms with Crippen molar-refractivity contribution in [1.29, 1.82) is 0 Å². The summed E-state index contributed by atoms with van der Waals surface area (Å²) in [7, 11) is -0.730. The van der Waals surface area contributed by atoms with Crippen molar-refractivity contribution in [2.75, 3.05) is 20.2 Å². The van der Waals surface area contributed by atoms with Crippen LogP contribution in [0.25, 0.3) is 10.9 Å². The van der Waals surface area contributed by atoms with Crippen LogP contribution < -0.4 is 5.32 Å². The molecule has 7 nitrogen and oxygen atoms in total. The number of para-hydroxylation sites is 1. The van der Waals surface area contributed by atoms with Crippen molar-refractivity contribution in [3.8, 4) is 0 Å². The first-order valence-corrected chi connectivity index (χ1v) is 13.6. The maximum Gasteiger partial charge on any atom is 0.315 e. The highest BCUT2D eigenvalue weighted by molar-refractivity contribution is 6.74. The first-order chi connectivity index (χ1) is 14.6. The Hall–Kier alpha value is -2.45. The zero-order valence-electron chi connectivity index (χ0n) is 19.2. The zero-order chi connectivity index (χ0) is 22.8. The summed E-state index contributed by atoms with van der Waals surface area (Å²) in [5.74, 6) is -1.28. The van der Waals surface area contributed by atoms with Gasteiger partial charge in [0.05, 0.1) is 12.8 Å². The second-order valence-corrected chi connectivity index (χ2v) is 14.3. The van der Waals surface area contributed by atoms with Gasteiger partial charge in [-0.05, 0) is 37.2 Å². The van der Waals surface area contributed by atoms with Crippen LogP contribution in [0, 0.1) is 5.92 Å². The van der Waals surface area contributed by atoms with E-state index in [9.17, 15) is 9.59 Å². The molecule has 0 saturated carbocycles. The SMILES string of the molecule is COC(=O)C(c1[nH]c2ccccc2c1C=O)C1CCNC/C1=N\O[Si](C)(C)C(C)(C)C. The molecule has 1 aliphatic heterocycles. The first-order valence-electron chi connectivity index (χ1n) is 10.7. The van der Waals surface area contributed by atoms with E-state index in [0.717, 1.165) is 29.4 Å². The predicted molar refractivity (Wildman–Crippen MR) is 125 cm³/mol. The lowest BCUT2D eigenvalue weighted by Crippen LogP contribution is -2.44. The second kappa shape index (κ2) is 8.96. The molecule has 8 heteroatoms. The van der Waals surface area contributed by atoms with Gasteiger partial charge in [0.15, 0.2) is 6.29 Å². The monoisotopic (exact) mass is 443 g/mol. The predicted octanol–water partition coefficient (Wildman–Crippen LogP) is 4.22. The standard InChI is InChI=1S/C23H33N3O4Si/c1-23(2,3)31(5,6)30-26-19-13-24-12-11-16(19)20(22(28)29-4)21-17(14-27)15-9-7-8-10-18(15)25-21/h7-10,14,16,20,24-25H,11-13H2,1-6H3/b26-19+. The summed E-state index contributed by atoms with van der Waals surface area (Å²) in [5.41, 5.74) is 2.67. The second-order valence-electron chi connectivity index (χ2n) is 9.62. The summed E-state index contributed by atoms with van der Waals surface area (Å²) in [5, 5.41) is 8.72. The highest BCUT2D eigenvalue weighted by atomic mass is 28.4. The Morgan fingerprint density at radius 3 is 2.65 bits per heavy atom. The number of benzene rings is 1. The third-order valence-electron chi connectivity index (χ3n) is 6.63. The van der Waals surface area contributed by atoms with Gasteiger partial charge in [-0.3, -0.25) is 9.59 Å². The summed E-state index contributed by atoms with van der Waals surface area (Å²) in [4.78, 5) is 28.3. The molecule has 0 aliphatic carbocycles. The van der Waals surface area contributed by atoms with Crippen LogP contribution in [-0.4, -0.2) is 51.5 Å². The molecular weight excluding hydrogens is 410 g/mol. The lowest BCUT2D eigenvalue weighted by molar-refractivity contribution is -0.143. The van der Waals surface area contributed by atoms with Gasteiger partial charge in [-0.25, -0.2) is 0 Å². The van der Waals surface area contributed by atoms with Crippen LogP contribution in [0.4, 0.5) is 0 Å². The average molecular weight is 444 g/mol. The molecule has 31 heavy (non-hydrogen) atoms. The fraction of sp³-hybridized carbons (Fsp3) is 0.522. The maximum atomic E-state index is 13.0. The number of methoxy groups -OCH3 is 1. The van der Waals surface area contributed by atoms with Gasteiger partial charge in [0, 0.05) is 34.6 Å². The summed E-state index contributed by atoms with van der Waals surface area (Å²) >= 11 is 0. The average Bonchev–Trinajstić information content (AvgIpc) is 3.10. The number of H-pyrrole nitrogens is 1. The van der Waals surface area contributed by atoms with Crippen molar-refractivity contribution in [2.45, 2.75) is 51.2 Å². The van der Waals surface area contributed by atoms with Crippen molar-refractivity contribution >= 4 is 37.2 Å². The van der Waals surface area contributed by atoms with Crippen LogP contribution in [-0.2, 0) is 14.1 Å². The van der Waals surface area contributed by atoms with E-state index >= 15 is 0 Å². The van der Waals surface area contributed by atoms with E-state index in [1.54, 1.807) is 0 Å². The number of aromatic nitrogens is 1. The van der Waals surface area contributed by atoms with E-state index in [1.165, 1.54) is 7.11 Å². The number of fused-ring (bicyclic) bond motifs is 1. The van der Waals surface area contributed by atoms with Crippen LogP contribution in [0.1, 0.15) is 49.2 Å². The summed E-state index contributed by atoms with van der Waals surface area (Å²) in [6.07, 6.45) is 1.50. The van der Waals surface area contributed by atoms with Gasteiger partial charge in [0.1, 0.15) is 5.92 Å². The lowest BCUT2D eigenvalue weighted by Gasteiger charge is -2.35. The minimum atomic E-state index is -2.11. The van der Waals surface area contributed by atoms with Crippen LogP contribution in [0.15, 0.2) is 29.4 Å². The molecule has 1 fully saturated rings. The molecule has 2 heterocycles. The van der Waals surface area contributed by atoms with Gasteiger partial charge in [-0.1, -0.05) is 39.0 Å². The van der Waals surface area contributed by atoms with Gasteiger partial charge < -0.3 is 19.6 Å². The molecular formula is C23H33N3O4Si. The highest BCUT2D eigenvalue weighted by Gasteiger charge is 2.42. The molecule has 2 unspecified atom stereocenters. The summed E-state index contributed by atoms with van der Waals surface area (Å²) < 4.78 is 11.3. The Labute approximate surface area is 184 Å². The van der Waals surface area contributed by atoms with Crippen molar-refractivity contribution in [3.05, 3.63) is 35.5 Å². The molecule has 0 radical (unpaired) electrons. The van der Waals surface area contributed by atoms with E-state index in [0.29, 0.717) is 24.2 Å². The number of hydrogen-bond acceptors (Lipinski definition) is 6. The molecule has 0 bridgehead atoms. The van der Waals surface area contributed by atoms with E-state index in [1.807, 2.05) is 24.3 Å². The number of aromatic amines is 1. The highest BCUT2D eigenvalue weighted by Crippen LogP contribution is 2.38. The van der Waals surface area contributed by atoms with Crippen molar-refractivity contribution in [2.24, 2.45) is 11.1 Å². The van der Waals surface area contributed by atoms with Crippen molar-refractivity contribution in [3.63, 3.8) is 0 Å². The van der Waals surface area contributed by atoms with E-state index in [4.69, 9.17) is 9.26 Å². The van der Waals surface area contributed by atoms with Crippen LogP contribution in [0.5, 0.6) is 0 Å². The largest absolute Gasteiger partial charge is 0.468 e. The Balaban J connectivity index is 2.06. The van der Waals surface area contributed by atoms with Gasteiger partial charge in [-0.2, -0.15) is 0 Å². The van der Waals surface area contributed by atoms with E-state index in [-0.39, 0.29) is 16.9 Å². The molecule has 1 saturated heterocycles. The quantitative estimate of drug-likeness (QED) is 0.302. The van der Waals surface area contributed by atoms with Gasteiger partial charge in [0.25, 0.3) is 8.32 Å². The van der Waals surface area contributed by atoms with E-state index < -0.39 is 14.2 Å². The summed E-state index contributed by atoms with van der Waals surface area (Å²) in [6, 6.07) is 7.56. The third-order valence-corrected chi connectivity index (χ3v) is 10.8. The van der Waals surface area contributed by atoms with Gasteiger partial charge in [0.2, 0.25) is 0 Å². The van der Waals surface area contributed by atoms with Gasteiger partial charge in [-0.15, -0.1) is 5.16 Å². The van der Waals surface area contributed by atoms with Crippen LogP contribution in [0.2, 0.25) is 18.1 Å². The first kappa shape index (κ1) is 23.2. The molecule has 0 spiro atoms. The molecule has 1 aliphatic rings. The lowest BCUT2D eigenvalue weighted by atomic mass is 9.80. The molecule has 0 amide bonds. The molecule has 2 N–H and O–H groups in total. The molecule has 168 valence electrons. The number of nitrogens with one attached hydrogen (secondary N) is 2. The number of aldehydes is 1. The smallest absolute Gasteiger partial charge is 0.315 e. The number of nitrogens with zero attached hydrogens (tertiary/aromatic N) is 1. The number of ether oxygens (including phenoxy) is 1. The number of carbonyl (C=O) groups is 2. The zero-order valence-corrected chi connectivity index (χ0v) is 20.2. The summed E-state index contributed by atoms with van der Waals surface area (Å²) in [6.45, 7) is 12.0. The van der Waals surface area contributed by atoms with Crippen molar-refractivity contribution in [1.82, 2.24) is 10.3 Å². The molecule has 1 aromatic carbocycles.